The molecule has 0 radical (unpaired) electrons. The van der Waals surface area contributed by atoms with Crippen LogP contribution in [-0.4, -0.2) is 32.2 Å². The summed E-state index contributed by atoms with van der Waals surface area (Å²) in [6, 6.07) is 0. The lowest BCUT2D eigenvalue weighted by Gasteiger charge is -2.32. The largest absolute Gasteiger partial charge is 0.496 e. The van der Waals surface area contributed by atoms with Crippen LogP contribution in [0.3, 0.4) is 0 Å². The number of carbonyl (C=O) groups is 1. The number of Topliss-reactive ketones (excluding diaryl/α,β-unsaturated/α-hetero) is 1. The second kappa shape index (κ2) is 5.93. The second-order valence-electron chi connectivity index (χ2n) is 5.32. The summed E-state index contributed by atoms with van der Waals surface area (Å²) in [5.41, 5.74) is 2.28. The first-order valence-corrected chi connectivity index (χ1v) is 6.97. The number of hydrogen-bond donors (Lipinski definition) is 1. The predicted octanol–water partition coefficient (Wildman–Crippen LogP) is 2.21. The molecule has 0 saturated carbocycles. The van der Waals surface area contributed by atoms with Gasteiger partial charge in [-0.05, 0) is 26.7 Å². The molecule has 1 aromatic rings. The van der Waals surface area contributed by atoms with Crippen molar-refractivity contribution in [3.63, 3.8) is 0 Å². The normalized spacial score (nSPS) is 20.7. The van der Waals surface area contributed by atoms with E-state index in [0.717, 1.165) is 11.1 Å². The highest BCUT2D eigenvalue weighted by Gasteiger charge is 2.37. The number of hydrogen-bond acceptors (Lipinski definition) is 5. The van der Waals surface area contributed by atoms with E-state index in [1.807, 2.05) is 6.92 Å². The Balaban J connectivity index is 2.73. The van der Waals surface area contributed by atoms with Crippen LogP contribution in [-0.2, 0) is 11.2 Å². The molecule has 1 aliphatic rings. The highest BCUT2D eigenvalue weighted by atomic mass is 16.5. The van der Waals surface area contributed by atoms with Crippen LogP contribution in [0, 0.1) is 12.8 Å². The molecule has 2 atom stereocenters. The third-order valence-corrected chi connectivity index (χ3v) is 4.25. The van der Waals surface area contributed by atoms with Gasteiger partial charge in [0.25, 0.3) is 0 Å². The second-order valence-corrected chi connectivity index (χ2v) is 5.32. The lowest BCUT2D eigenvalue weighted by atomic mass is 9.78. The molecule has 0 heterocycles. The van der Waals surface area contributed by atoms with Gasteiger partial charge in [-0.3, -0.25) is 4.79 Å². The Morgan fingerprint density at radius 2 is 1.67 bits per heavy atom. The summed E-state index contributed by atoms with van der Waals surface area (Å²) in [5, 5.41) is 10.6. The zero-order valence-electron chi connectivity index (χ0n) is 13.1. The first kappa shape index (κ1) is 15.6. The average Bonchev–Trinajstić information content (AvgIpc) is 2.46. The molecule has 21 heavy (non-hydrogen) atoms. The quantitative estimate of drug-likeness (QED) is 0.922. The van der Waals surface area contributed by atoms with Gasteiger partial charge < -0.3 is 19.3 Å². The SMILES string of the molecule is COc1c(C)c(OC)c2c(c1OC)CC[C@@H](C(C)=O)[C@H]2O. The molecule has 0 aliphatic heterocycles. The van der Waals surface area contributed by atoms with Gasteiger partial charge in [-0.1, -0.05) is 0 Å². The first-order chi connectivity index (χ1) is 9.97. The molecule has 116 valence electrons. The molecule has 1 aromatic carbocycles. The predicted molar refractivity (Wildman–Crippen MR) is 78.3 cm³/mol. The average molecular weight is 294 g/mol. The molecule has 5 nitrogen and oxygen atoms in total. The Bertz CT molecular complexity index is 565. The van der Waals surface area contributed by atoms with Crippen molar-refractivity contribution in [1.29, 1.82) is 0 Å². The fraction of sp³-hybridized carbons (Fsp3) is 0.562. The van der Waals surface area contributed by atoms with E-state index in [9.17, 15) is 9.90 Å². The summed E-state index contributed by atoms with van der Waals surface area (Å²) in [6.07, 6.45) is 0.363. The van der Waals surface area contributed by atoms with Gasteiger partial charge in [-0.15, -0.1) is 0 Å². The van der Waals surface area contributed by atoms with E-state index in [-0.39, 0.29) is 5.78 Å². The molecule has 0 amide bonds. The zero-order valence-corrected chi connectivity index (χ0v) is 13.1. The standard InChI is InChI=1S/C16H22O5/c1-8-14(19-3)12-11(16(21-5)15(8)20-4)7-6-10(9(2)17)13(12)18/h10,13,18H,6-7H2,1-5H3/t10-,13+/m0/s1. The third kappa shape index (κ3) is 2.35. The van der Waals surface area contributed by atoms with Crippen molar-refractivity contribution >= 4 is 5.78 Å². The summed E-state index contributed by atoms with van der Waals surface area (Å²) in [7, 11) is 4.71. The van der Waals surface area contributed by atoms with Crippen LogP contribution in [0.5, 0.6) is 17.2 Å². The monoisotopic (exact) mass is 294 g/mol. The van der Waals surface area contributed by atoms with Crippen LogP contribution in [0.4, 0.5) is 0 Å². The number of ketones is 1. The maximum atomic E-state index is 11.7. The first-order valence-electron chi connectivity index (χ1n) is 6.97. The molecule has 0 fully saturated rings. The van der Waals surface area contributed by atoms with E-state index < -0.39 is 12.0 Å². The van der Waals surface area contributed by atoms with E-state index in [2.05, 4.69) is 0 Å². The minimum atomic E-state index is -0.875. The van der Waals surface area contributed by atoms with Crippen molar-refractivity contribution in [2.24, 2.45) is 5.92 Å². The number of methoxy groups -OCH3 is 3. The van der Waals surface area contributed by atoms with Crippen molar-refractivity contribution in [2.75, 3.05) is 21.3 Å². The number of ether oxygens (including phenoxy) is 3. The van der Waals surface area contributed by atoms with Crippen LogP contribution >= 0.6 is 0 Å². The van der Waals surface area contributed by atoms with Gasteiger partial charge in [0.2, 0.25) is 0 Å². The van der Waals surface area contributed by atoms with E-state index in [4.69, 9.17) is 14.2 Å². The molecule has 1 aliphatic carbocycles. The molecule has 5 heteroatoms. The number of rotatable bonds is 4. The van der Waals surface area contributed by atoms with Crippen molar-refractivity contribution in [3.05, 3.63) is 16.7 Å². The number of benzene rings is 1. The molecule has 0 bridgehead atoms. The summed E-state index contributed by atoms with van der Waals surface area (Å²) < 4.78 is 16.4. The van der Waals surface area contributed by atoms with Crippen LogP contribution in [0.25, 0.3) is 0 Å². The van der Waals surface area contributed by atoms with Crippen LogP contribution in [0.1, 0.15) is 36.1 Å². The fourth-order valence-corrected chi connectivity index (χ4v) is 3.24. The summed E-state index contributed by atoms with van der Waals surface area (Å²) >= 11 is 0. The molecule has 1 N–H and O–H groups in total. The molecule has 0 unspecified atom stereocenters. The summed E-state index contributed by atoms with van der Waals surface area (Å²) in [5.74, 6) is 1.39. The van der Waals surface area contributed by atoms with Crippen molar-refractivity contribution in [1.82, 2.24) is 0 Å². The van der Waals surface area contributed by atoms with Gasteiger partial charge >= 0.3 is 0 Å². The topological polar surface area (TPSA) is 65.0 Å². The molecule has 0 spiro atoms. The number of aliphatic hydroxyl groups is 1. The van der Waals surface area contributed by atoms with E-state index in [0.29, 0.717) is 35.7 Å². The molecular formula is C16H22O5. The van der Waals surface area contributed by atoms with Gasteiger partial charge in [0.05, 0.1) is 27.4 Å². The van der Waals surface area contributed by atoms with Gasteiger partial charge in [-0.2, -0.15) is 0 Å². The number of fused-ring (bicyclic) bond motifs is 1. The molecular weight excluding hydrogens is 272 g/mol. The molecule has 2 rings (SSSR count). The Hall–Kier alpha value is -1.75. The lowest BCUT2D eigenvalue weighted by molar-refractivity contribution is -0.125. The number of aliphatic hydroxyl groups excluding tert-OH is 1. The molecule has 0 saturated heterocycles. The third-order valence-electron chi connectivity index (χ3n) is 4.25. The Labute approximate surface area is 124 Å². The summed E-state index contributed by atoms with van der Waals surface area (Å²) in [6.45, 7) is 3.36. The highest BCUT2D eigenvalue weighted by Crippen LogP contribution is 2.50. The van der Waals surface area contributed by atoms with E-state index in [1.165, 1.54) is 6.92 Å². The van der Waals surface area contributed by atoms with Crippen molar-refractivity contribution in [2.45, 2.75) is 32.8 Å². The van der Waals surface area contributed by atoms with Gasteiger partial charge in [0.1, 0.15) is 11.5 Å². The Kier molecular flexibility index (Phi) is 4.42. The van der Waals surface area contributed by atoms with Crippen molar-refractivity contribution < 1.29 is 24.1 Å². The van der Waals surface area contributed by atoms with Gasteiger partial charge in [0.15, 0.2) is 11.5 Å². The molecule has 0 aromatic heterocycles. The van der Waals surface area contributed by atoms with E-state index in [1.54, 1.807) is 21.3 Å². The Morgan fingerprint density at radius 3 is 2.14 bits per heavy atom. The minimum absolute atomic E-state index is 0.0114. The van der Waals surface area contributed by atoms with Crippen LogP contribution in [0.2, 0.25) is 0 Å². The maximum absolute atomic E-state index is 11.7. The minimum Gasteiger partial charge on any atom is -0.496 e. The Morgan fingerprint density at radius 1 is 1.10 bits per heavy atom. The van der Waals surface area contributed by atoms with Crippen LogP contribution < -0.4 is 14.2 Å². The summed E-state index contributed by atoms with van der Waals surface area (Å²) in [4.78, 5) is 11.7. The van der Waals surface area contributed by atoms with Crippen LogP contribution in [0.15, 0.2) is 0 Å². The number of carbonyl (C=O) groups excluding carboxylic acids is 1. The zero-order chi connectivity index (χ0) is 15.7. The van der Waals surface area contributed by atoms with Gasteiger partial charge in [-0.25, -0.2) is 0 Å². The maximum Gasteiger partial charge on any atom is 0.167 e. The van der Waals surface area contributed by atoms with Gasteiger partial charge in [0, 0.05) is 22.6 Å². The van der Waals surface area contributed by atoms with Crippen molar-refractivity contribution in [3.8, 4) is 17.2 Å². The lowest BCUT2D eigenvalue weighted by Crippen LogP contribution is -2.27. The van der Waals surface area contributed by atoms with E-state index >= 15 is 0 Å². The fourth-order valence-electron chi connectivity index (χ4n) is 3.24. The smallest absolute Gasteiger partial charge is 0.167 e. The highest BCUT2D eigenvalue weighted by molar-refractivity contribution is 5.80.